The van der Waals surface area contributed by atoms with Gasteiger partial charge in [-0.1, -0.05) is 36.4 Å². The Bertz CT molecular complexity index is 1140. The summed E-state index contributed by atoms with van der Waals surface area (Å²) in [5, 5.41) is 1.47. The predicted octanol–water partition coefficient (Wildman–Crippen LogP) is 4.25. The van der Waals surface area contributed by atoms with Gasteiger partial charge in [-0.25, -0.2) is 4.79 Å². The van der Waals surface area contributed by atoms with Crippen molar-refractivity contribution in [1.29, 1.82) is 0 Å². The van der Waals surface area contributed by atoms with E-state index < -0.39 is 18.2 Å². The van der Waals surface area contributed by atoms with Crippen LogP contribution in [0.15, 0.2) is 54.7 Å². The zero-order valence-electron chi connectivity index (χ0n) is 13.0. The zero-order valence-corrected chi connectivity index (χ0v) is 13.0. The van der Waals surface area contributed by atoms with Gasteiger partial charge >= 0.3 is 18.2 Å². The van der Waals surface area contributed by atoms with E-state index >= 15 is 0 Å². The number of rotatable bonds is 2. The minimum Gasteiger partial charge on any atom is -0.384 e. The molecule has 0 aliphatic carbocycles. The summed E-state index contributed by atoms with van der Waals surface area (Å²) < 4.78 is 41.8. The first-order valence-electron chi connectivity index (χ1n) is 7.56. The zero-order chi connectivity index (χ0) is 18.3. The Kier molecular flexibility index (Phi) is 3.61. The number of aromatic amines is 1. The lowest BCUT2D eigenvalue weighted by Crippen LogP contribution is -2.28. The van der Waals surface area contributed by atoms with Gasteiger partial charge in [0.2, 0.25) is 0 Å². The number of halogens is 3. The fourth-order valence-corrected chi connectivity index (χ4v) is 2.71. The first kappa shape index (κ1) is 16.1. The number of para-hydroxylation sites is 2. The van der Waals surface area contributed by atoms with Gasteiger partial charge in [-0.15, -0.1) is 0 Å². The summed E-state index contributed by atoms with van der Waals surface area (Å²) in [5.41, 5.74) is 2.26. The minimum atomic E-state index is -5.13. The van der Waals surface area contributed by atoms with Crippen LogP contribution in [0.4, 0.5) is 13.2 Å². The maximum absolute atomic E-state index is 12.5. The summed E-state index contributed by atoms with van der Waals surface area (Å²) in [6.45, 7) is 0. The highest BCUT2D eigenvalue weighted by Crippen LogP contribution is 2.33. The van der Waals surface area contributed by atoms with Crippen LogP contribution in [0.3, 0.4) is 0 Å². The maximum atomic E-state index is 12.5. The second-order valence-electron chi connectivity index (χ2n) is 5.51. The fourth-order valence-electron chi connectivity index (χ4n) is 2.71. The minimum absolute atomic E-state index is 0.368. The monoisotopic (exact) mass is 357 g/mol. The van der Waals surface area contributed by atoms with E-state index in [1.54, 1.807) is 30.5 Å². The van der Waals surface area contributed by atoms with Crippen molar-refractivity contribution >= 4 is 27.8 Å². The van der Waals surface area contributed by atoms with Crippen molar-refractivity contribution in [3.05, 3.63) is 54.7 Å². The van der Waals surface area contributed by atoms with Crippen molar-refractivity contribution in [3.8, 4) is 17.3 Å². The summed E-state index contributed by atoms with van der Waals surface area (Å²) in [6.07, 6.45) is -3.43. The summed E-state index contributed by atoms with van der Waals surface area (Å²) in [5.74, 6) is -2.36. The molecule has 0 unspecified atom stereocenters. The standard InChI is InChI=1S/C18H10F3N3O2/c19-18(20,21)16(25)26-17-23-14-8-4-2-6-11(14)15(24-17)12-9-22-13-7-3-1-5-10(12)13/h1-9,22H. The van der Waals surface area contributed by atoms with Gasteiger partial charge in [0, 0.05) is 28.0 Å². The summed E-state index contributed by atoms with van der Waals surface area (Å²) in [4.78, 5) is 22.2. The Hall–Kier alpha value is -3.42. The van der Waals surface area contributed by atoms with Crippen LogP contribution in [-0.4, -0.2) is 27.1 Å². The van der Waals surface area contributed by atoms with E-state index in [0.717, 1.165) is 10.9 Å². The number of carbonyl (C=O) groups is 1. The van der Waals surface area contributed by atoms with Crippen LogP contribution in [-0.2, 0) is 4.79 Å². The van der Waals surface area contributed by atoms with Gasteiger partial charge in [-0.05, 0) is 12.1 Å². The molecule has 1 N–H and O–H groups in total. The van der Waals surface area contributed by atoms with Crippen molar-refractivity contribution in [2.45, 2.75) is 6.18 Å². The van der Waals surface area contributed by atoms with Crippen molar-refractivity contribution < 1.29 is 22.7 Å². The van der Waals surface area contributed by atoms with E-state index in [-0.39, 0.29) is 0 Å². The van der Waals surface area contributed by atoms with E-state index in [1.165, 1.54) is 0 Å². The molecule has 130 valence electrons. The average Bonchev–Trinajstić information content (AvgIpc) is 3.04. The number of aromatic nitrogens is 3. The van der Waals surface area contributed by atoms with Crippen LogP contribution in [0.25, 0.3) is 33.1 Å². The molecule has 0 radical (unpaired) electrons. The lowest BCUT2D eigenvalue weighted by molar-refractivity contribution is -0.190. The Morgan fingerprint density at radius 1 is 0.962 bits per heavy atom. The van der Waals surface area contributed by atoms with Gasteiger partial charge in [-0.3, -0.25) is 0 Å². The lowest BCUT2D eigenvalue weighted by atomic mass is 10.1. The van der Waals surface area contributed by atoms with Crippen molar-refractivity contribution in [1.82, 2.24) is 15.0 Å². The highest BCUT2D eigenvalue weighted by Gasteiger charge is 2.42. The molecule has 0 spiro atoms. The molecule has 2 heterocycles. The molecular formula is C18H10F3N3O2. The van der Waals surface area contributed by atoms with Crippen LogP contribution in [0.1, 0.15) is 0 Å². The molecule has 4 aromatic rings. The van der Waals surface area contributed by atoms with Crippen molar-refractivity contribution in [2.75, 3.05) is 0 Å². The third-order valence-electron chi connectivity index (χ3n) is 3.84. The van der Waals surface area contributed by atoms with Gasteiger partial charge in [0.1, 0.15) is 0 Å². The number of ether oxygens (including phenoxy) is 1. The molecule has 2 aromatic carbocycles. The highest BCUT2D eigenvalue weighted by molar-refractivity contribution is 6.02. The second-order valence-corrected chi connectivity index (χ2v) is 5.51. The normalized spacial score (nSPS) is 11.8. The first-order valence-corrected chi connectivity index (χ1v) is 7.56. The molecule has 0 aliphatic heterocycles. The molecule has 2 aromatic heterocycles. The van der Waals surface area contributed by atoms with E-state index in [9.17, 15) is 18.0 Å². The van der Waals surface area contributed by atoms with Crippen LogP contribution >= 0.6 is 0 Å². The number of hydrogen-bond donors (Lipinski definition) is 1. The van der Waals surface area contributed by atoms with E-state index in [0.29, 0.717) is 22.2 Å². The van der Waals surface area contributed by atoms with Crippen LogP contribution in [0.2, 0.25) is 0 Å². The van der Waals surface area contributed by atoms with Gasteiger partial charge in [0.15, 0.2) is 0 Å². The first-order chi connectivity index (χ1) is 12.4. The number of H-pyrrole nitrogens is 1. The number of carbonyl (C=O) groups excluding carboxylic acids is 1. The molecule has 4 rings (SSSR count). The summed E-state index contributed by atoms with van der Waals surface area (Å²) in [7, 11) is 0. The Labute approximate surface area is 144 Å². The SMILES string of the molecule is O=C(Oc1nc(-c2c[nH]c3ccccc23)c2ccccc2n1)C(F)(F)F. The molecule has 8 heteroatoms. The second kappa shape index (κ2) is 5.83. The Balaban J connectivity index is 1.92. The van der Waals surface area contributed by atoms with Crippen molar-refractivity contribution in [3.63, 3.8) is 0 Å². The number of fused-ring (bicyclic) bond motifs is 2. The molecular weight excluding hydrogens is 347 g/mol. The molecule has 0 saturated carbocycles. The van der Waals surface area contributed by atoms with Crippen LogP contribution < -0.4 is 4.74 Å². The van der Waals surface area contributed by atoms with Gasteiger partial charge in [0.25, 0.3) is 0 Å². The fraction of sp³-hybridized carbons (Fsp3) is 0.0556. The number of hydrogen-bond acceptors (Lipinski definition) is 4. The van der Waals surface area contributed by atoms with E-state index in [1.807, 2.05) is 24.3 Å². The van der Waals surface area contributed by atoms with Crippen LogP contribution in [0, 0.1) is 0 Å². The Morgan fingerprint density at radius 3 is 2.42 bits per heavy atom. The topological polar surface area (TPSA) is 67.9 Å². The molecule has 0 atom stereocenters. The van der Waals surface area contributed by atoms with Crippen molar-refractivity contribution in [2.24, 2.45) is 0 Å². The third-order valence-corrected chi connectivity index (χ3v) is 3.84. The van der Waals surface area contributed by atoms with E-state index in [4.69, 9.17) is 0 Å². The largest absolute Gasteiger partial charge is 0.491 e. The molecule has 0 saturated heterocycles. The van der Waals surface area contributed by atoms with Gasteiger partial charge in [-0.2, -0.15) is 23.1 Å². The smallest absolute Gasteiger partial charge is 0.384 e. The van der Waals surface area contributed by atoms with Gasteiger partial charge < -0.3 is 9.72 Å². The van der Waals surface area contributed by atoms with E-state index in [2.05, 4.69) is 19.7 Å². The Morgan fingerprint density at radius 2 is 1.65 bits per heavy atom. The molecule has 0 bridgehead atoms. The number of benzene rings is 2. The maximum Gasteiger partial charge on any atom is 0.491 e. The van der Waals surface area contributed by atoms with Gasteiger partial charge in [0.05, 0.1) is 11.2 Å². The highest BCUT2D eigenvalue weighted by atomic mass is 19.4. The molecule has 0 amide bonds. The average molecular weight is 357 g/mol. The predicted molar refractivity (Wildman–Crippen MR) is 88.5 cm³/mol. The molecule has 0 aliphatic rings. The van der Waals surface area contributed by atoms with Crippen LogP contribution in [0.5, 0.6) is 6.01 Å². The number of alkyl halides is 3. The lowest BCUT2D eigenvalue weighted by Gasteiger charge is -2.09. The number of nitrogens with zero attached hydrogens (tertiary/aromatic N) is 2. The number of nitrogens with one attached hydrogen (secondary N) is 1. The molecule has 26 heavy (non-hydrogen) atoms. The quantitative estimate of drug-likeness (QED) is 0.545. The third kappa shape index (κ3) is 2.75. The molecule has 5 nitrogen and oxygen atoms in total. The summed E-state index contributed by atoms with van der Waals surface area (Å²) >= 11 is 0. The number of esters is 1. The summed E-state index contributed by atoms with van der Waals surface area (Å²) in [6, 6.07) is 13.6. The molecule has 0 fully saturated rings.